The first-order valence-corrected chi connectivity index (χ1v) is 12.7. The Morgan fingerprint density at radius 3 is 2.36 bits per heavy atom. The summed E-state index contributed by atoms with van der Waals surface area (Å²) in [5, 5.41) is 10.3. The first-order chi connectivity index (χ1) is 11.8. The summed E-state index contributed by atoms with van der Waals surface area (Å²) in [6.45, 7) is 11.2. The van der Waals surface area contributed by atoms with E-state index in [1.165, 1.54) is 37.4 Å². The van der Waals surface area contributed by atoms with Crippen molar-refractivity contribution in [2.24, 2.45) is 17.1 Å². The maximum absolute atomic E-state index is 11.2. The summed E-state index contributed by atoms with van der Waals surface area (Å²) in [5.41, 5.74) is 5.74. The molecule has 1 saturated heterocycles. The molecule has 1 unspecified atom stereocenters. The first kappa shape index (κ1) is 20.9. The lowest BCUT2D eigenvalue weighted by Gasteiger charge is -2.44. The summed E-state index contributed by atoms with van der Waals surface area (Å²) < 4.78 is 6.88. The molecule has 25 heavy (non-hydrogen) atoms. The van der Waals surface area contributed by atoms with Crippen LogP contribution in [0.2, 0.25) is 18.1 Å². The molecule has 1 spiro atoms. The van der Waals surface area contributed by atoms with Gasteiger partial charge in [0.15, 0.2) is 8.32 Å². The maximum atomic E-state index is 11.2. The number of rotatable bonds is 10. The quantitative estimate of drug-likeness (QED) is 0.580. The lowest BCUT2D eigenvalue weighted by Crippen LogP contribution is -2.53. The minimum atomic E-state index is -1.61. The fourth-order valence-corrected chi connectivity index (χ4v) is 7.25. The zero-order chi connectivity index (χ0) is 18.7. The zero-order valence-electron chi connectivity index (χ0n) is 16.6. The fraction of sp³-hybridized carbons (Fsp3) is 0.947. The monoisotopic (exact) mass is 370 g/mol. The molecule has 2 fully saturated rings. The number of primary amides is 1. The van der Waals surface area contributed by atoms with Gasteiger partial charge >= 0.3 is 0 Å². The lowest BCUT2D eigenvalue weighted by molar-refractivity contribution is -0.122. The van der Waals surface area contributed by atoms with Gasteiger partial charge in [-0.25, -0.2) is 0 Å². The molecule has 1 aliphatic carbocycles. The van der Waals surface area contributed by atoms with Gasteiger partial charge in [0.05, 0.1) is 12.2 Å². The van der Waals surface area contributed by atoms with Crippen LogP contribution in [0.15, 0.2) is 0 Å². The highest BCUT2D eigenvalue weighted by molar-refractivity contribution is 6.73. The van der Waals surface area contributed by atoms with Crippen LogP contribution in [0.25, 0.3) is 0 Å². The van der Waals surface area contributed by atoms with Gasteiger partial charge in [-0.2, -0.15) is 0 Å². The number of piperidine rings is 1. The zero-order valence-corrected chi connectivity index (χ0v) is 17.6. The average molecular weight is 371 g/mol. The minimum Gasteiger partial charge on any atom is -0.412 e. The Morgan fingerprint density at radius 2 is 1.88 bits per heavy atom. The molecule has 0 aromatic heterocycles. The number of carbonyl (C=O) groups is 1. The van der Waals surface area contributed by atoms with Crippen molar-refractivity contribution in [3.8, 4) is 0 Å². The molecule has 2 aliphatic rings. The van der Waals surface area contributed by atoms with Crippen LogP contribution < -0.4 is 5.73 Å². The summed E-state index contributed by atoms with van der Waals surface area (Å²) in [4.78, 5) is 13.6. The van der Waals surface area contributed by atoms with Gasteiger partial charge in [0.25, 0.3) is 0 Å². The van der Waals surface area contributed by atoms with E-state index in [1.807, 2.05) is 0 Å². The molecule has 2 rings (SSSR count). The van der Waals surface area contributed by atoms with Crippen LogP contribution in [0, 0.1) is 11.3 Å². The number of aliphatic hydroxyl groups is 1. The predicted molar refractivity (Wildman–Crippen MR) is 104 cm³/mol. The number of carbonyl (C=O) groups excluding carboxylic acids is 1. The normalized spacial score (nSPS) is 25.7. The third-order valence-corrected chi connectivity index (χ3v) is 11.5. The van der Waals surface area contributed by atoms with E-state index in [2.05, 4.69) is 25.7 Å². The highest BCUT2D eigenvalue weighted by atomic mass is 28.4. The molecule has 1 aliphatic heterocycles. The summed E-state index contributed by atoms with van der Waals surface area (Å²) in [6.07, 6.45) is 4.05. The molecule has 3 N–H and O–H groups in total. The standard InChI is InChI=1S/C19H38N2O3Si/c1-5-25(6-2,7-3)24-17-14-21(11-10-19(17)8-9-19)13-16(22)12-15(4)18(20)23/h15-17,22H,5-14H2,1-4H3,(H2,20,23)/t15?,16-,17+/m0/s1. The molecule has 1 saturated carbocycles. The van der Waals surface area contributed by atoms with Crippen LogP contribution in [0.5, 0.6) is 0 Å². The Bertz CT molecular complexity index is 444. The maximum Gasteiger partial charge on any atom is 0.220 e. The summed E-state index contributed by atoms with van der Waals surface area (Å²) in [6, 6.07) is 3.56. The van der Waals surface area contributed by atoms with E-state index in [0.717, 1.165) is 13.1 Å². The van der Waals surface area contributed by atoms with E-state index >= 15 is 0 Å². The summed E-state index contributed by atoms with van der Waals surface area (Å²) >= 11 is 0. The van der Waals surface area contributed by atoms with Crippen molar-refractivity contribution in [2.75, 3.05) is 19.6 Å². The number of aliphatic hydroxyl groups excluding tert-OH is 1. The van der Waals surface area contributed by atoms with Crippen LogP contribution in [0.1, 0.15) is 53.4 Å². The number of likely N-dealkylation sites (tertiary alicyclic amines) is 1. The van der Waals surface area contributed by atoms with Gasteiger partial charge in [0, 0.05) is 19.0 Å². The van der Waals surface area contributed by atoms with Crippen molar-refractivity contribution < 1.29 is 14.3 Å². The van der Waals surface area contributed by atoms with Gasteiger partial charge in [-0.15, -0.1) is 0 Å². The molecule has 6 heteroatoms. The van der Waals surface area contributed by atoms with Crippen molar-refractivity contribution in [2.45, 2.75) is 83.7 Å². The highest BCUT2D eigenvalue weighted by Gasteiger charge is 2.54. The SMILES string of the molecule is CC[Si](CC)(CC)O[C@@H]1CN(C[C@@H](O)CC(C)C(N)=O)CCC12CC2. The van der Waals surface area contributed by atoms with E-state index < -0.39 is 14.4 Å². The van der Waals surface area contributed by atoms with Crippen LogP contribution >= 0.6 is 0 Å². The van der Waals surface area contributed by atoms with E-state index in [1.54, 1.807) is 6.92 Å². The second-order valence-electron chi connectivity index (χ2n) is 8.42. The predicted octanol–water partition coefficient (Wildman–Crippen LogP) is 2.74. The number of hydrogen-bond donors (Lipinski definition) is 2. The van der Waals surface area contributed by atoms with Gasteiger partial charge in [-0.3, -0.25) is 9.69 Å². The minimum absolute atomic E-state index is 0.276. The second-order valence-corrected chi connectivity index (χ2v) is 13.1. The Balaban J connectivity index is 1.95. The number of hydrogen-bond acceptors (Lipinski definition) is 4. The smallest absolute Gasteiger partial charge is 0.220 e. The largest absolute Gasteiger partial charge is 0.412 e. The van der Waals surface area contributed by atoms with E-state index in [9.17, 15) is 9.90 Å². The molecule has 146 valence electrons. The van der Waals surface area contributed by atoms with Crippen LogP contribution in [0.4, 0.5) is 0 Å². The molecule has 0 aromatic rings. The van der Waals surface area contributed by atoms with Crippen LogP contribution in [-0.4, -0.2) is 56.1 Å². The summed E-state index contributed by atoms with van der Waals surface area (Å²) in [7, 11) is -1.61. The molecule has 0 bridgehead atoms. The summed E-state index contributed by atoms with van der Waals surface area (Å²) in [5.74, 6) is -0.609. The van der Waals surface area contributed by atoms with Crippen LogP contribution in [0.3, 0.4) is 0 Å². The third-order valence-electron chi connectivity index (χ3n) is 6.83. The fourth-order valence-electron chi connectivity index (χ4n) is 4.32. The Labute approximate surface area is 154 Å². The molecule has 1 heterocycles. The van der Waals surface area contributed by atoms with Crippen molar-refractivity contribution >= 4 is 14.2 Å². The average Bonchev–Trinajstić information content (AvgIpc) is 3.36. The van der Waals surface area contributed by atoms with E-state index in [0.29, 0.717) is 24.5 Å². The molecule has 5 nitrogen and oxygen atoms in total. The van der Waals surface area contributed by atoms with Gasteiger partial charge in [-0.05, 0) is 55.8 Å². The Morgan fingerprint density at radius 1 is 1.28 bits per heavy atom. The molecular formula is C19H38N2O3Si. The molecule has 0 radical (unpaired) electrons. The highest BCUT2D eigenvalue weighted by Crippen LogP contribution is 2.55. The van der Waals surface area contributed by atoms with Gasteiger partial charge in [0.1, 0.15) is 0 Å². The number of amides is 1. The second kappa shape index (κ2) is 8.50. The van der Waals surface area contributed by atoms with Crippen molar-refractivity contribution in [3.05, 3.63) is 0 Å². The van der Waals surface area contributed by atoms with Gasteiger partial charge in [0.2, 0.25) is 5.91 Å². The number of nitrogens with zero attached hydrogens (tertiary/aromatic N) is 1. The Kier molecular flexibility index (Phi) is 7.10. The van der Waals surface area contributed by atoms with Gasteiger partial charge in [-0.1, -0.05) is 27.7 Å². The first-order valence-electron chi connectivity index (χ1n) is 10.2. The Hall–Kier alpha value is -0.433. The van der Waals surface area contributed by atoms with E-state index in [-0.39, 0.29) is 11.8 Å². The van der Waals surface area contributed by atoms with Crippen molar-refractivity contribution in [3.63, 3.8) is 0 Å². The third kappa shape index (κ3) is 5.06. The van der Waals surface area contributed by atoms with Crippen LogP contribution in [-0.2, 0) is 9.22 Å². The molecular weight excluding hydrogens is 332 g/mol. The molecule has 1 amide bonds. The lowest BCUT2D eigenvalue weighted by atomic mass is 9.90. The molecule has 0 aromatic carbocycles. The number of β-amino-alcohol motifs (C(OH)–C–C–N with tert-alkyl or cyclic N) is 1. The van der Waals surface area contributed by atoms with E-state index in [4.69, 9.17) is 10.2 Å². The topological polar surface area (TPSA) is 75.8 Å². The molecule has 3 atom stereocenters. The van der Waals surface area contributed by atoms with Gasteiger partial charge < -0.3 is 15.3 Å². The van der Waals surface area contributed by atoms with Crippen molar-refractivity contribution in [1.82, 2.24) is 4.90 Å². The van der Waals surface area contributed by atoms with Crippen molar-refractivity contribution in [1.29, 1.82) is 0 Å². The number of nitrogens with two attached hydrogens (primary N) is 1.